The van der Waals surface area contributed by atoms with E-state index in [9.17, 15) is 9.90 Å². The molecule has 0 spiro atoms. The van der Waals surface area contributed by atoms with Gasteiger partial charge in [-0.05, 0) is 91.6 Å². The number of nitrogens with zero attached hydrogens (tertiary/aromatic N) is 1. The molecule has 3 fully saturated rings. The Balaban J connectivity index is 1.29. The number of hydrogen-bond acceptors (Lipinski definition) is 4. The van der Waals surface area contributed by atoms with E-state index in [0.717, 1.165) is 67.6 Å². The van der Waals surface area contributed by atoms with Gasteiger partial charge in [-0.25, -0.2) is 0 Å². The molecule has 0 aromatic heterocycles. The molecule has 3 aliphatic rings. The van der Waals surface area contributed by atoms with Gasteiger partial charge in [0.25, 0.3) is 5.91 Å². The molecule has 3 unspecified atom stereocenters. The predicted octanol–water partition coefficient (Wildman–Crippen LogP) is 5.27. The maximum Gasteiger partial charge on any atom is 0.251 e. The van der Waals surface area contributed by atoms with E-state index in [-0.39, 0.29) is 28.7 Å². The fourth-order valence-electron chi connectivity index (χ4n) is 6.94. The fourth-order valence-corrected chi connectivity index (χ4v) is 6.94. The van der Waals surface area contributed by atoms with Crippen molar-refractivity contribution in [3.05, 3.63) is 77.9 Å². The molecule has 2 aliphatic carbocycles. The van der Waals surface area contributed by atoms with Gasteiger partial charge in [0.2, 0.25) is 0 Å². The van der Waals surface area contributed by atoms with E-state index in [1.54, 1.807) is 6.07 Å². The molecule has 1 saturated heterocycles. The number of benzene rings is 3. The summed E-state index contributed by atoms with van der Waals surface area (Å²) in [5.74, 6) is 1.10. The molecule has 3 atom stereocenters. The zero-order valence-electron chi connectivity index (χ0n) is 21.1. The van der Waals surface area contributed by atoms with Crippen molar-refractivity contribution in [2.75, 3.05) is 26.7 Å². The van der Waals surface area contributed by atoms with Gasteiger partial charge in [0.15, 0.2) is 0 Å². The lowest BCUT2D eigenvalue weighted by atomic mass is 9.55. The average Bonchev–Trinajstić information content (AvgIpc) is 3.72. The number of carbonyl (C=O) groups is 1. The number of ether oxygens (including phenoxy) is 1. The van der Waals surface area contributed by atoms with Crippen molar-refractivity contribution in [1.82, 2.24) is 10.2 Å². The maximum atomic E-state index is 13.4. The van der Waals surface area contributed by atoms with Gasteiger partial charge in [0.1, 0.15) is 5.75 Å². The minimum absolute atomic E-state index is 0.0205. The van der Waals surface area contributed by atoms with Gasteiger partial charge >= 0.3 is 0 Å². The highest BCUT2D eigenvalue weighted by atomic mass is 16.5. The van der Waals surface area contributed by atoms with E-state index in [1.807, 2.05) is 55.6 Å². The van der Waals surface area contributed by atoms with E-state index in [2.05, 4.69) is 22.3 Å². The van der Waals surface area contributed by atoms with Gasteiger partial charge in [0.05, 0.1) is 5.60 Å². The maximum absolute atomic E-state index is 13.4. The van der Waals surface area contributed by atoms with E-state index < -0.39 is 0 Å². The second kappa shape index (κ2) is 9.20. The normalized spacial score (nSPS) is 28.5. The van der Waals surface area contributed by atoms with Crippen LogP contribution in [-0.2, 0) is 10.2 Å². The summed E-state index contributed by atoms with van der Waals surface area (Å²) >= 11 is 0. The zero-order valence-corrected chi connectivity index (χ0v) is 21.1. The van der Waals surface area contributed by atoms with E-state index in [0.29, 0.717) is 5.56 Å². The third-order valence-corrected chi connectivity index (χ3v) is 9.05. The Morgan fingerprint density at radius 2 is 1.86 bits per heavy atom. The summed E-state index contributed by atoms with van der Waals surface area (Å²) in [6, 6.07) is 21.8. The van der Waals surface area contributed by atoms with Crippen LogP contribution in [0.25, 0.3) is 10.8 Å². The molecule has 1 aliphatic heterocycles. The predicted molar refractivity (Wildman–Crippen MR) is 142 cm³/mol. The van der Waals surface area contributed by atoms with E-state index >= 15 is 0 Å². The molecule has 0 bridgehead atoms. The minimum Gasteiger partial charge on any atom is -0.508 e. The quantitative estimate of drug-likeness (QED) is 0.501. The standard InChI is InChI=1S/C31H36N2O3/c1-36-31-14-13-27(32-29(35)25-12-11-23-5-2-3-6-24(23)17-25)19-30(31,26-7-4-8-28(34)18-26)15-16-33(21-31)20-22-9-10-22/h2-8,11-12,17-18,22,27,34H,9-10,13-16,19-21H2,1H3,(H,32,35). The third kappa shape index (κ3) is 4.18. The zero-order chi connectivity index (χ0) is 24.8. The Bertz CT molecular complexity index is 1270. The summed E-state index contributed by atoms with van der Waals surface area (Å²) in [5, 5.41) is 16.0. The molecule has 5 nitrogen and oxygen atoms in total. The van der Waals surface area contributed by atoms with Crippen molar-refractivity contribution in [3.63, 3.8) is 0 Å². The van der Waals surface area contributed by atoms with Gasteiger partial charge in [0, 0.05) is 37.2 Å². The summed E-state index contributed by atoms with van der Waals surface area (Å²) in [5.41, 5.74) is 1.22. The number of fused-ring (bicyclic) bond motifs is 2. The molecule has 1 heterocycles. The SMILES string of the molecule is COC12CCC(NC(=O)c3ccc4ccccc4c3)CC1(c1cccc(O)c1)CCN(CC1CC1)C2. The number of amides is 1. The van der Waals surface area contributed by atoms with E-state index in [4.69, 9.17) is 4.74 Å². The molecule has 6 rings (SSSR count). The van der Waals surface area contributed by atoms with Crippen LogP contribution in [-0.4, -0.2) is 54.3 Å². The number of phenolic OH excluding ortho intramolecular Hbond substituents is 1. The molecule has 0 radical (unpaired) electrons. The lowest BCUT2D eigenvalue weighted by Crippen LogP contribution is -2.68. The molecule has 3 aromatic carbocycles. The summed E-state index contributed by atoms with van der Waals surface area (Å²) in [6.07, 6.45) is 6.21. The van der Waals surface area contributed by atoms with Crippen molar-refractivity contribution in [2.24, 2.45) is 5.92 Å². The van der Waals surface area contributed by atoms with Crippen LogP contribution in [0.15, 0.2) is 66.7 Å². The molecule has 2 N–H and O–H groups in total. The monoisotopic (exact) mass is 484 g/mol. The number of nitrogens with one attached hydrogen (secondary N) is 1. The fraction of sp³-hybridized carbons (Fsp3) is 0.452. The molecular formula is C31H36N2O3. The molecular weight excluding hydrogens is 448 g/mol. The number of aromatic hydroxyl groups is 1. The first-order chi connectivity index (χ1) is 17.5. The molecule has 5 heteroatoms. The van der Waals surface area contributed by atoms with Crippen LogP contribution < -0.4 is 5.32 Å². The summed E-state index contributed by atoms with van der Waals surface area (Å²) in [7, 11) is 1.85. The number of methoxy groups -OCH3 is 1. The molecule has 1 amide bonds. The van der Waals surface area contributed by atoms with Crippen LogP contribution in [0.1, 0.15) is 54.4 Å². The Morgan fingerprint density at radius 3 is 2.64 bits per heavy atom. The van der Waals surface area contributed by atoms with Crippen molar-refractivity contribution in [1.29, 1.82) is 0 Å². The number of piperidine rings is 1. The summed E-state index contributed by atoms with van der Waals surface area (Å²) in [6.45, 7) is 3.08. The van der Waals surface area contributed by atoms with Gasteiger partial charge in [-0.15, -0.1) is 0 Å². The van der Waals surface area contributed by atoms with E-state index in [1.165, 1.54) is 12.8 Å². The molecule has 3 aromatic rings. The van der Waals surface area contributed by atoms with Crippen LogP contribution in [0, 0.1) is 5.92 Å². The van der Waals surface area contributed by atoms with Crippen LogP contribution in [0.3, 0.4) is 0 Å². The number of phenols is 1. The lowest BCUT2D eigenvalue weighted by Gasteiger charge is -2.60. The molecule has 2 saturated carbocycles. The summed E-state index contributed by atoms with van der Waals surface area (Å²) < 4.78 is 6.46. The van der Waals surface area contributed by atoms with Crippen molar-refractivity contribution in [2.45, 2.75) is 55.6 Å². The van der Waals surface area contributed by atoms with Gasteiger partial charge in [-0.3, -0.25) is 4.79 Å². The van der Waals surface area contributed by atoms with Crippen LogP contribution >= 0.6 is 0 Å². The van der Waals surface area contributed by atoms with Gasteiger partial charge in [-0.2, -0.15) is 0 Å². The van der Waals surface area contributed by atoms with Gasteiger partial charge in [-0.1, -0.05) is 42.5 Å². The van der Waals surface area contributed by atoms with Gasteiger partial charge < -0.3 is 20.1 Å². The summed E-state index contributed by atoms with van der Waals surface area (Å²) in [4.78, 5) is 15.9. The minimum atomic E-state index is -0.335. The lowest BCUT2D eigenvalue weighted by molar-refractivity contribution is -0.148. The average molecular weight is 485 g/mol. The smallest absolute Gasteiger partial charge is 0.251 e. The van der Waals surface area contributed by atoms with Crippen molar-refractivity contribution in [3.8, 4) is 5.75 Å². The number of likely N-dealkylation sites (tertiary alicyclic amines) is 1. The van der Waals surface area contributed by atoms with Crippen LogP contribution in [0.2, 0.25) is 0 Å². The Morgan fingerprint density at radius 1 is 1.03 bits per heavy atom. The first-order valence-corrected chi connectivity index (χ1v) is 13.4. The Kier molecular flexibility index (Phi) is 6.01. The highest BCUT2D eigenvalue weighted by Crippen LogP contribution is 2.54. The topological polar surface area (TPSA) is 61.8 Å². The first-order valence-electron chi connectivity index (χ1n) is 13.4. The first kappa shape index (κ1) is 23.5. The number of hydrogen-bond donors (Lipinski definition) is 2. The highest BCUT2D eigenvalue weighted by Gasteiger charge is 2.59. The number of rotatable bonds is 6. The third-order valence-electron chi connectivity index (χ3n) is 9.05. The Hall–Kier alpha value is -2.89. The van der Waals surface area contributed by atoms with Crippen molar-refractivity contribution < 1.29 is 14.6 Å². The largest absolute Gasteiger partial charge is 0.508 e. The number of carbonyl (C=O) groups excluding carboxylic acids is 1. The van der Waals surface area contributed by atoms with Crippen molar-refractivity contribution >= 4 is 16.7 Å². The molecule has 188 valence electrons. The molecule has 36 heavy (non-hydrogen) atoms. The van der Waals surface area contributed by atoms with Crippen LogP contribution in [0.4, 0.5) is 0 Å². The second-order valence-electron chi connectivity index (χ2n) is 11.2. The van der Waals surface area contributed by atoms with Crippen LogP contribution in [0.5, 0.6) is 5.75 Å². The highest BCUT2D eigenvalue weighted by molar-refractivity contribution is 5.98. The second-order valence-corrected chi connectivity index (χ2v) is 11.2. The Labute approximate surface area is 213 Å².